The van der Waals surface area contributed by atoms with Crippen LogP contribution in [0, 0.1) is 0 Å². The van der Waals surface area contributed by atoms with Crippen LogP contribution in [0.4, 0.5) is 0 Å². The molecule has 6 heteroatoms. The highest BCUT2D eigenvalue weighted by atomic mass is 32.3. The Bertz CT molecular complexity index is 579. The van der Waals surface area contributed by atoms with Gasteiger partial charge in [0.15, 0.2) is 0 Å². The Labute approximate surface area is 290 Å². The number of rotatable bonds is 38. The van der Waals surface area contributed by atoms with E-state index in [1.807, 2.05) is 0 Å². The van der Waals surface area contributed by atoms with Crippen LogP contribution in [0.15, 0.2) is 0 Å². The number of hydrogen-bond acceptors (Lipinski definition) is 3. The third-order valence-corrected chi connectivity index (χ3v) is 9.28. The first-order valence-corrected chi connectivity index (χ1v) is 22.1. The van der Waals surface area contributed by atoms with E-state index in [9.17, 15) is 0 Å². The number of hydrogen-bond donors (Lipinski definition) is 2. The van der Waals surface area contributed by atoms with Gasteiger partial charge in [0.25, 0.3) is 0 Å². The minimum atomic E-state index is -4.67. The minimum Gasteiger partial charge on any atom is -0.381 e. The van der Waals surface area contributed by atoms with Crippen LogP contribution < -0.4 is 0 Å². The molecule has 0 spiro atoms. The second-order valence-corrected chi connectivity index (χ2v) is 15.0. The van der Waals surface area contributed by atoms with Crippen molar-refractivity contribution in [3.63, 3.8) is 0 Å². The summed E-state index contributed by atoms with van der Waals surface area (Å²) >= 11 is 0. The average Bonchev–Trinajstić information content (AvgIpc) is 3.02. The third kappa shape index (κ3) is 56.2. The molecule has 0 bridgehead atoms. The molecule has 0 saturated heterocycles. The van der Waals surface area contributed by atoms with Crippen molar-refractivity contribution in [3.8, 4) is 0 Å². The van der Waals surface area contributed by atoms with Crippen LogP contribution in [-0.4, -0.2) is 30.7 Å². The number of unbranched alkanes of at least 4 members (excludes halogenated alkanes) is 34. The zero-order valence-corrected chi connectivity index (χ0v) is 32.2. The van der Waals surface area contributed by atoms with Gasteiger partial charge in [0.1, 0.15) is 0 Å². The molecule has 46 heavy (non-hydrogen) atoms. The van der Waals surface area contributed by atoms with Crippen LogP contribution in [0.25, 0.3) is 0 Å². The van der Waals surface area contributed by atoms with Crippen molar-refractivity contribution in [1.82, 2.24) is 0 Å². The van der Waals surface area contributed by atoms with Gasteiger partial charge in [-0.05, 0) is 12.8 Å². The maximum absolute atomic E-state index is 8.74. The van der Waals surface area contributed by atoms with E-state index in [1.54, 1.807) is 0 Å². The molecule has 0 aromatic carbocycles. The van der Waals surface area contributed by atoms with Gasteiger partial charge in [-0.3, -0.25) is 9.11 Å². The summed E-state index contributed by atoms with van der Waals surface area (Å²) in [6.07, 6.45) is 52.0. The molecule has 0 fully saturated rings. The van der Waals surface area contributed by atoms with Crippen LogP contribution in [0.3, 0.4) is 0 Å². The third-order valence-electron chi connectivity index (χ3n) is 9.28. The second kappa shape index (κ2) is 42.9. The molecule has 0 amide bonds. The molecular formula is C40H84O5S. The fourth-order valence-corrected chi connectivity index (χ4v) is 6.31. The zero-order chi connectivity index (χ0) is 34.1. The summed E-state index contributed by atoms with van der Waals surface area (Å²) in [5.74, 6) is 0. The van der Waals surface area contributed by atoms with Crippen molar-refractivity contribution in [2.24, 2.45) is 0 Å². The Hall–Kier alpha value is -0.170. The Kier molecular flexibility index (Phi) is 44.7. The summed E-state index contributed by atoms with van der Waals surface area (Å²) in [5.41, 5.74) is 0. The normalized spacial score (nSPS) is 11.6. The molecule has 0 aliphatic carbocycles. The van der Waals surface area contributed by atoms with Gasteiger partial charge < -0.3 is 4.74 Å². The predicted molar refractivity (Wildman–Crippen MR) is 203 cm³/mol. The SMILES string of the molecule is CCCCCCCCCCCCCCCCCCCCOCCCCCCCCCCCCCCCCCCCC.O=S(=O)(O)O. The van der Waals surface area contributed by atoms with Crippen LogP contribution in [0.5, 0.6) is 0 Å². The molecule has 5 nitrogen and oxygen atoms in total. The maximum atomic E-state index is 8.74. The van der Waals surface area contributed by atoms with Crippen molar-refractivity contribution < 1.29 is 22.3 Å². The first kappa shape index (κ1) is 47.9. The summed E-state index contributed by atoms with van der Waals surface area (Å²) in [6.45, 7) is 6.61. The van der Waals surface area contributed by atoms with Crippen molar-refractivity contribution in [2.45, 2.75) is 245 Å². The van der Waals surface area contributed by atoms with E-state index in [2.05, 4.69) is 13.8 Å². The van der Waals surface area contributed by atoms with Crippen LogP contribution in [-0.2, 0) is 15.1 Å². The maximum Gasteiger partial charge on any atom is 0.394 e. The Morgan fingerprint density at radius 1 is 0.304 bits per heavy atom. The lowest BCUT2D eigenvalue weighted by atomic mass is 10.0. The van der Waals surface area contributed by atoms with Crippen molar-refractivity contribution in [3.05, 3.63) is 0 Å². The minimum absolute atomic E-state index is 0.998. The Morgan fingerprint density at radius 3 is 0.587 bits per heavy atom. The van der Waals surface area contributed by atoms with Crippen LogP contribution >= 0.6 is 0 Å². The highest BCUT2D eigenvalue weighted by Gasteiger charge is 1.97. The predicted octanol–water partition coefficient (Wildman–Crippen LogP) is 14.4. The number of ether oxygens (including phenoxy) is 1. The molecule has 280 valence electrons. The molecule has 0 aromatic rings. The fourth-order valence-electron chi connectivity index (χ4n) is 6.31. The standard InChI is InChI=1S/C40H82O.H2O4S/c1-3-5-7-9-11-13-15-17-19-21-23-25-27-29-31-33-35-37-39-41-40-38-36-34-32-30-28-26-24-22-20-18-16-14-12-10-8-6-4-2;1-5(2,3)4/h3-40H2,1-2H3;(H2,1,2,3,4). The smallest absolute Gasteiger partial charge is 0.381 e. The molecule has 0 saturated carbocycles. The topological polar surface area (TPSA) is 83.8 Å². The fraction of sp³-hybridized carbons (Fsp3) is 1.00. The summed E-state index contributed by atoms with van der Waals surface area (Å²) in [4.78, 5) is 0. The Balaban J connectivity index is 0. The van der Waals surface area contributed by atoms with Crippen molar-refractivity contribution in [2.75, 3.05) is 13.2 Å². The van der Waals surface area contributed by atoms with E-state index in [0.717, 1.165) is 13.2 Å². The highest BCUT2D eigenvalue weighted by Crippen LogP contribution is 2.16. The van der Waals surface area contributed by atoms with Gasteiger partial charge in [-0.25, -0.2) is 0 Å². The molecule has 0 atom stereocenters. The van der Waals surface area contributed by atoms with E-state index >= 15 is 0 Å². The lowest BCUT2D eigenvalue weighted by Crippen LogP contribution is -1.97. The first-order chi connectivity index (χ1) is 22.4. The van der Waals surface area contributed by atoms with E-state index in [-0.39, 0.29) is 0 Å². The zero-order valence-electron chi connectivity index (χ0n) is 31.4. The van der Waals surface area contributed by atoms with E-state index in [4.69, 9.17) is 22.3 Å². The molecule has 0 aromatic heterocycles. The largest absolute Gasteiger partial charge is 0.394 e. The van der Waals surface area contributed by atoms with Crippen molar-refractivity contribution in [1.29, 1.82) is 0 Å². The first-order valence-electron chi connectivity index (χ1n) is 20.7. The molecule has 0 aliphatic heterocycles. The lowest BCUT2D eigenvalue weighted by Gasteiger charge is -2.06. The molecule has 0 radical (unpaired) electrons. The van der Waals surface area contributed by atoms with Gasteiger partial charge in [0.05, 0.1) is 0 Å². The van der Waals surface area contributed by atoms with Gasteiger partial charge >= 0.3 is 10.4 Å². The van der Waals surface area contributed by atoms with E-state index in [0.29, 0.717) is 0 Å². The van der Waals surface area contributed by atoms with Gasteiger partial charge in [0.2, 0.25) is 0 Å². The molecule has 0 rings (SSSR count). The van der Waals surface area contributed by atoms with E-state index in [1.165, 1.54) is 231 Å². The van der Waals surface area contributed by atoms with Gasteiger partial charge in [-0.2, -0.15) is 8.42 Å². The molecular weight excluding hydrogens is 593 g/mol. The monoisotopic (exact) mass is 677 g/mol. The summed E-state index contributed by atoms with van der Waals surface area (Å²) in [6, 6.07) is 0. The second-order valence-electron chi connectivity index (χ2n) is 14.1. The molecule has 0 aliphatic rings. The van der Waals surface area contributed by atoms with Gasteiger partial charge in [-0.1, -0.05) is 232 Å². The lowest BCUT2D eigenvalue weighted by molar-refractivity contribution is 0.125. The summed E-state index contributed by atoms with van der Waals surface area (Å²) in [5, 5.41) is 0. The highest BCUT2D eigenvalue weighted by molar-refractivity contribution is 7.79. The van der Waals surface area contributed by atoms with E-state index < -0.39 is 10.4 Å². The molecule has 0 unspecified atom stereocenters. The average molecular weight is 677 g/mol. The van der Waals surface area contributed by atoms with Crippen molar-refractivity contribution >= 4 is 10.4 Å². The summed E-state index contributed by atoms with van der Waals surface area (Å²) < 4.78 is 37.5. The molecule has 2 N–H and O–H groups in total. The molecule has 0 heterocycles. The van der Waals surface area contributed by atoms with Crippen LogP contribution in [0.2, 0.25) is 0 Å². The quantitative estimate of drug-likeness (QED) is 0.0502. The van der Waals surface area contributed by atoms with Crippen LogP contribution in [0.1, 0.15) is 245 Å². The Morgan fingerprint density at radius 2 is 0.435 bits per heavy atom. The van der Waals surface area contributed by atoms with Gasteiger partial charge in [0, 0.05) is 13.2 Å². The summed E-state index contributed by atoms with van der Waals surface area (Å²) in [7, 11) is -4.67. The van der Waals surface area contributed by atoms with Gasteiger partial charge in [-0.15, -0.1) is 0 Å².